The van der Waals surface area contributed by atoms with Crippen LogP contribution in [-0.4, -0.2) is 71.4 Å². The van der Waals surface area contributed by atoms with E-state index in [9.17, 15) is 22.0 Å². The fourth-order valence-corrected chi connectivity index (χ4v) is 2.31. The smallest absolute Gasteiger partial charge is 0.456 e. The molecule has 2 atom stereocenters. The van der Waals surface area contributed by atoms with Crippen molar-refractivity contribution in [2.45, 2.75) is 72.6 Å². The number of aryl methyl sites for hydroxylation is 1. The minimum atomic E-state index is -5.62. The maximum Gasteiger partial charge on any atom is 0.456 e. The van der Waals surface area contributed by atoms with Crippen molar-refractivity contribution in [3.8, 4) is 0 Å². The second-order valence-corrected chi connectivity index (χ2v) is 8.56. The average Bonchev–Trinajstić information content (AvgIpc) is 2.84. The number of pyridine rings is 1. The summed E-state index contributed by atoms with van der Waals surface area (Å²) < 4.78 is 74.2. The van der Waals surface area contributed by atoms with Gasteiger partial charge in [0.25, 0.3) is 0 Å². The third-order valence-corrected chi connectivity index (χ3v) is 4.20. The number of nitrogens with one attached hydrogen (secondary N) is 3. The molecule has 1 aromatic heterocycles. The molecule has 0 aliphatic heterocycles. The Kier molecular flexibility index (Phi) is 23.9. The lowest BCUT2D eigenvalue weighted by molar-refractivity contribution is -0.294. The van der Waals surface area contributed by atoms with Crippen molar-refractivity contribution in [3.63, 3.8) is 0 Å². The summed E-state index contributed by atoms with van der Waals surface area (Å²) in [4.78, 5) is 4.45. The Morgan fingerprint density at radius 3 is 2.03 bits per heavy atom. The van der Waals surface area contributed by atoms with E-state index in [4.69, 9.17) is 10.5 Å². The van der Waals surface area contributed by atoms with Crippen molar-refractivity contribution < 1.29 is 39.0 Å². The maximum absolute atomic E-state index is 12.4. The molecule has 1 aromatic rings. The molecule has 1 heterocycles. The minimum absolute atomic E-state index is 0. The van der Waals surface area contributed by atoms with Crippen molar-refractivity contribution >= 4 is 5.82 Å². The van der Waals surface area contributed by atoms with Crippen LogP contribution in [0.15, 0.2) is 24.1 Å². The van der Waals surface area contributed by atoms with E-state index in [0.717, 1.165) is 18.1 Å². The molecule has 236 valence electrons. The molecule has 5 N–H and O–H groups in total. The first-order valence-corrected chi connectivity index (χ1v) is 12.6. The van der Waals surface area contributed by atoms with Gasteiger partial charge in [-0.3, -0.25) is 0 Å². The van der Waals surface area contributed by atoms with Gasteiger partial charge in [-0.25, -0.2) is 4.98 Å². The molecule has 0 spiro atoms. The van der Waals surface area contributed by atoms with E-state index in [1.807, 2.05) is 27.8 Å². The van der Waals surface area contributed by atoms with E-state index < -0.39 is 24.7 Å². The normalized spacial score (nSPS) is 13.0. The summed E-state index contributed by atoms with van der Waals surface area (Å²) in [7, 11) is 6.53. The number of nitrogens with zero attached hydrogens (tertiary/aromatic N) is 1. The van der Waals surface area contributed by atoms with E-state index in [2.05, 4.69) is 63.3 Å². The summed E-state index contributed by atoms with van der Waals surface area (Å²) in [5, 5.41) is 8.75. The molecular weight excluding hydrogens is 525 g/mol. The molecular formula is C26H54F5N5O3. The van der Waals surface area contributed by atoms with Gasteiger partial charge >= 0.3 is 12.1 Å². The number of halogens is 5. The highest BCUT2D eigenvalue weighted by Crippen LogP contribution is 2.35. The summed E-state index contributed by atoms with van der Waals surface area (Å²) in [5.41, 5.74) is 7.54. The van der Waals surface area contributed by atoms with Gasteiger partial charge in [-0.05, 0) is 57.5 Å². The zero-order chi connectivity index (χ0) is 31.2. The van der Waals surface area contributed by atoms with Gasteiger partial charge in [-0.1, -0.05) is 27.7 Å². The van der Waals surface area contributed by atoms with E-state index in [-0.39, 0.29) is 8.74 Å². The number of alkyl halides is 5. The predicted octanol–water partition coefficient (Wildman–Crippen LogP) is 6.10. The van der Waals surface area contributed by atoms with Crippen molar-refractivity contribution in [2.24, 2.45) is 11.7 Å². The third-order valence-electron chi connectivity index (χ3n) is 4.20. The zero-order valence-electron chi connectivity index (χ0n) is 25.2. The highest BCUT2D eigenvalue weighted by Gasteiger charge is 2.58. The van der Waals surface area contributed by atoms with Gasteiger partial charge in [0, 0.05) is 41.9 Å². The van der Waals surface area contributed by atoms with Crippen molar-refractivity contribution in [3.05, 3.63) is 35.3 Å². The number of methoxy groups -OCH3 is 1. The van der Waals surface area contributed by atoms with E-state index in [1.54, 1.807) is 14.2 Å². The minimum Gasteiger partial charge on any atom is -0.473 e. The first-order chi connectivity index (χ1) is 18.0. The average molecular weight is 580 g/mol. The number of hydrogen-bond acceptors (Lipinski definition) is 8. The lowest BCUT2D eigenvalue weighted by Gasteiger charge is -2.20. The van der Waals surface area contributed by atoms with Crippen molar-refractivity contribution in [1.82, 2.24) is 15.6 Å². The Morgan fingerprint density at radius 1 is 1.08 bits per heavy atom. The fraction of sp³-hybridized carbons (Fsp3) is 0.731. The second kappa shape index (κ2) is 22.6. The van der Waals surface area contributed by atoms with E-state index in [1.165, 1.54) is 25.6 Å². The van der Waals surface area contributed by atoms with Gasteiger partial charge in [-0.15, -0.1) is 0 Å². The van der Waals surface area contributed by atoms with Crippen LogP contribution in [0.1, 0.15) is 61.7 Å². The largest absolute Gasteiger partial charge is 0.473 e. The number of ether oxygens (including phenoxy) is 3. The Labute approximate surface area is 234 Å². The van der Waals surface area contributed by atoms with Crippen molar-refractivity contribution in [2.75, 3.05) is 53.6 Å². The Hall–Kier alpha value is -2.22. The molecule has 39 heavy (non-hydrogen) atoms. The van der Waals surface area contributed by atoms with Crippen LogP contribution in [0.5, 0.6) is 0 Å². The van der Waals surface area contributed by atoms with Crippen LogP contribution in [0, 0.1) is 12.8 Å². The summed E-state index contributed by atoms with van der Waals surface area (Å²) in [6, 6.07) is 3.96. The van der Waals surface area contributed by atoms with Gasteiger partial charge in [0.15, 0.2) is 12.5 Å². The molecule has 0 aliphatic carbocycles. The van der Waals surface area contributed by atoms with Gasteiger partial charge < -0.3 is 35.9 Å². The number of hydrogen-bond donors (Lipinski definition) is 4. The molecule has 0 aliphatic rings. The van der Waals surface area contributed by atoms with E-state index in [0.29, 0.717) is 18.7 Å². The SMILES string of the molecule is CC.CN/C(=C\C(C)N)OCC(F)(F)C(F)(F)F.CNC(C)c1cc(C)nc(NCOCC(C)C)c1.COC.[HH].[HH]. The molecule has 0 saturated carbocycles. The summed E-state index contributed by atoms with van der Waals surface area (Å²) >= 11 is 0. The lowest BCUT2D eigenvalue weighted by atomic mass is 10.1. The number of anilines is 1. The zero-order valence-corrected chi connectivity index (χ0v) is 25.2. The molecule has 0 saturated heterocycles. The van der Waals surface area contributed by atoms with Gasteiger partial charge in [0.05, 0.1) is 6.61 Å². The Balaban J connectivity index is -0.000000175. The molecule has 0 radical (unpaired) electrons. The topological polar surface area (TPSA) is 103 Å². The Bertz CT molecular complexity index is 776. The summed E-state index contributed by atoms with van der Waals surface area (Å²) in [6.07, 6.45) is -4.44. The van der Waals surface area contributed by atoms with Gasteiger partial charge in [0.1, 0.15) is 12.5 Å². The number of aromatic nitrogens is 1. The van der Waals surface area contributed by atoms with Crippen LogP contribution in [0.3, 0.4) is 0 Å². The second-order valence-electron chi connectivity index (χ2n) is 8.56. The number of rotatable bonds is 12. The first kappa shape index (κ1) is 41.3. The van der Waals surface area contributed by atoms with Gasteiger partial charge in [-0.2, -0.15) is 22.0 Å². The third kappa shape index (κ3) is 21.3. The predicted molar refractivity (Wildman–Crippen MR) is 152 cm³/mol. The lowest BCUT2D eigenvalue weighted by Crippen LogP contribution is -2.41. The van der Waals surface area contributed by atoms with Crippen LogP contribution in [-0.2, 0) is 14.2 Å². The standard InChI is InChI=1S/C14H25N3O.C8H13F5N2O.C2H6O.C2H6.2H2/c1-10(2)8-18-9-16-14-7-13(12(4)15-5)6-11(3)17-14;1-5(14)3-6(15-2)16-4-7(9,10)8(11,12)13;1-3-2;1-2;;/h6-7,10,12,15H,8-9H2,1-5H3,(H,16,17);3,5,15H,4,14H2,1-2H3;1-2H3;1-2H3;2*1H/b;6-3+;;;;. The van der Waals surface area contributed by atoms with Crippen LogP contribution in [0.25, 0.3) is 0 Å². The quantitative estimate of drug-likeness (QED) is 0.102. The molecule has 1 rings (SSSR count). The fourth-order valence-electron chi connectivity index (χ4n) is 2.31. The molecule has 0 aromatic carbocycles. The molecule has 2 unspecified atom stereocenters. The van der Waals surface area contributed by atoms with Crippen molar-refractivity contribution in [1.29, 1.82) is 0 Å². The van der Waals surface area contributed by atoms with Crippen LogP contribution >= 0.6 is 0 Å². The molecule has 8 nitrogen and oxygen atoms in total. The Morgan fingerprint density at radius 2 is 1.62 bits per heavy atom. The van der Waals surface area contributed by atoms with Crippen LogP contribution < -0.4 is 21.7 Å². The van der Waals surface area contributed by atoms with Crippen LogP contribution in [0.2, 0.25) is 0 Å². The van der Waals surface area contributed by atoms with Crippen LogP contribution in [0.4, 0.5) is 27.8 Å². The summed E-state index contributed by atoms with van der Waals surface area (Å²) in [6.45, 7) is 13.4. The monoisotopic (exact) mass is 579 g/mol. The molecule has 13 heteroatoms. The highest BCUT2D eigenvalue weighted by atomic mass is 19.4. The van der Waals surface area contributed by atoms with E-state index >= 15 is 0 Å². The number of nitrogens with two attached hydrogens (primary N) is 1. The van der Waals surface area contributed by atoms with Gasteiger partial charge in [0.2, 0.25) is 0 Å². The molecule has 0 amide bonds. The molecule has 0 bridgehead atoms. The molecule has 0 fully saturated rings. The summed E-state index contributed by atoms with van der Waals surface area (Å²) in [5.74, 6) is -3.69. The first-order valence-electron chi connectivity index (χ1n) is 12.6. The maximum atomic E-state index is 12.4. The highest BCUT2D eigenvalue weighted by molar-refractivity contribution is 5.40.